The molecule has 31 heavy (non-hydrogen) atoms. The Kier molecular flexibility index (Phi) is 6.44. The molecule has 2 fully saturated rings. The van der Waals surface area contributed by atoms with Gasteiger partial charge in [0.15, 0.2) is 11.6 Å². The van der Waals surface area contributed by atoms with Gasteiger partial charge >= 0.3 is 6.03 Å². The molecule has 0 atom stereocenters. The summed E-state index contributed by atoms with van der Waals surface area (Å²) in [5, 5.41) is 11.9. The molecule has 0 aliphatic carbocycles. The molecule has 3 heterocycles. The fraction of sp³-hybridized carbons (Fsp3) is 0.522. The maximum atomic E-state index is 12.7. The Hall–Kier alpha value is -3.03. The number of rotatable bonds is 4. The molecule has 8 heteroatoms. The number of carbonyl (C=O) groups excluding carboxylic acids is 1. The molecule has 2 saturated heterocycles. The predicted octanol–water partition coefficient (Wildman–Crippen LogP) is 3.38. The lowest BCUT2D eigenvalue weighted by molar-refractivity contribution is 0.208. The number of hydrogen-bond acceptors (Lipinski definition) is 6. The number of aromatic nitrogens is 2. The first kappa shape index (κ1) is 21.2. The van der Waals surface area contributed by atoms with Crippen LogP contribution in [0.3, 0.4) is 0 Å². The van der Waals surface area contributed by atoms with Crippen LogP contribution in [0.5, 0.6) is 5.75 Å². The zero-order chi connectivity index (χ0) is 21.8. The molecule has 2 aliphatic rings. The zero-order valence-corrected chi connectivity index (χ0v) is 18.7. The molecule has 0 radical (unpaired) electrons. The van der Waals surface area contributed by atoms with Crippen LogP contribution in [0.2, 0.25) is 0 Å². The largest absolute Gasteiger partial charge is 0.497 e. The number of piperidine rings is 1. The number of anilines is 3. The van der Waals surface area contributed by atoms with Crippen molar-refractivity contribution in [2.75, 3.05) is 61.5 Å². The molecule has 1 aromatic heterocycles. The normalized spacial score (nSPS) is 17.6. The summed E-state index contributed by atoms with van der Waals surface area (Å²) >= 11 is 0. The smallest absolute Gasteiger partial charge is 0.321 e. The van der Waals surface area contributed by atoms with E-state index in [9.17, 15) is 4.79 Å². The summed E-state index contributed by atoms with van der Waals surface area (Å²) in [6, 6.07) is 9.70. The number of nitrogens with one attached hydrogen (secondary N) is 1. The SMILES string of the molecule is COc1ccc(NC(=O)N2CCN(c3ccc(N4CCC(C)CC4)nn3)CC2)c(C)c1. The average Bonchev–Trinajstić information content (AvgIpc) is 2.81. The second-order valence-corrected chi connectivity index (χ2v) is 8.50. The van der Waals surface area contributed by atoms with E-state index in [-0.39, 0.29) is 6.03 Å². The molecule has 2 amide bonds. The standard InChI is InChI=1S/C23H32N6O2/c1-17-8-10-27(11-9-17)21-6-7-22(26-25-21)28-12-14-29(15-13-28)23(30)24-20-5-4-19(31-3)16-18(20)2/h4-7,16-17H,8-15H2,1-3H3,(H,24,30). The molecule has 4 rings (SSSR count). The minimum absolute atomic E-state index is 0.0753. The Morgan fingerprint density at radius 3 is 2.13 bits per heavy atom. The highest BCUT2D eigenvalue weighted by Gasteiger charge is 2.23. The maximum absolute atomic E-state index is 12.7. The van der Waals surface area contributed by atoms with Crippen LogP contribution in [-0.4, -0.2) is 67.5 Å². The highest BCUT2D eigenvalue weighted by molar-refractivity contribution is 5.90. The van der Waals surface area contributed by atoms with Crippen LogP contribution in [-0.2, 0) is 0 Å². The lowest BCUT2D eigenvalue weighted by Gasteiger charge is -2.35. The van der Waals surface area contributed by atoms with Gasteiger partial charge in [-0.2, -0.15) is 0 Å². The first-order valence-electron chi connectivity index (χ1n) is 11.1. The molecule has 0 saturated carbocycles. The van der Waals surface area contributed by atoms with Crippen molar-refractivity contribution in [3.8, 4) is 5.75 Å². The summed E-state index contributed by atoms with van der Waals surface area (Å²) in [4.78, 5) is 19.0. The topological polar surface area (TPSA) is 73.8 Å². The van der Waals surface area contributed by atoms with Gasteiger partial charge in [-0.3, -0.25) is 0 Å². The van der Waals surface area contributed by atoms with Crippen molar-refractivity contribution in [3.05, 3.63) is 35.9 Å². The van der Waals surface area contributed by atoms with Crippen LogP contribution in [0.1, 0.15) is 25.3 Å². The maximum Gasteiger partial charge on any atom is 0.321 e. The summed E-state index contributed by atoms with van der Waals surface area (Å²) in [7, 11) is 1.64. The van der Waals surface area contributed by atoms with E-state index in [0.29, 0.717) is 13.1 Å². The van der Waals surface area contributed by atoms with Gasteiger partial charge in [-0.15, -0.1) is 10.2 Å². The lowest BCUT2D eigenvalue weighted by atomic mass is 9.99. The Morgan fingerprint density at radius 2 is 1.58 bits per heavy atom. The first-order valence-corrected chi connectivity index (χ1v) is 11.1. The third-order valence-corrected chi connectivity index (χ3v) is 6.31. The van der Waals surface area contributed by atoms with E-state index in [1.165, 1.54) is 12.8 Å². The van der Waals surface area contributed by atoms with E-state index in [2.05, 4.69) is 44.4 Å². The van der Waals surface area contributed by atoms with Crippen LogP contribution >= 0.6 is 0 Å². The van der Waals surface area contributed by atoms with Crippen molar-refractivity contribution < 1.29 is 9.53 Å². The van der Waals surface area contributed by atoms with E-state index >= 15 is 0 Å². The highest BCUT2D eigenvalue weighted by Crippen LogP contribution is 2.23. The summed E-state index contributed by atoms with van der Waals surface area (Å²) in [5.41, 5.74) is 1.78. The number of ether oxygens (including phenoxy) is 1. The fourth-order valence-corrected chi connectivity index (χ4v) is 4.13. The third-order valence-electron chi connectivity index (χ3n) is 6.31. The molecule has 2 aromatic rings. The number of piperazine rings is 1. The van der Waals surface area contributed by atoms with Crippen LogP contribution in [0.25, 0.3) is 0 Å². The number of hydrogen-bond donors (Lipinski definition) is 1. The molecule has 0 bridgehead atoms. The first-order chi connectivity index (χ1) is 15.0. The van der Waals surface area contributed by atoms with Crippen LogP contribution < -0.4 is 19.9 Å². The number of nitrogens with zero attached hydrogens (tertiary/aromatic N) is 5. The number of benzene rings is 1. The number of amides is 2. The van der Waals surface area contributed by atoms with Gasteiger partial charge in [0, 0.05) is 45.0 Å². The second-order valence-electron chi connectivity index (χ2n) is 8.50. The number of methoxy groups -OCH3 is 1. The van der Waals surface area contributed by atoms with Crippen LogP contribution in [0.4, 0.5) is 22.1 Å². The average molecular weight is 425 g/mol. The Bertz CT molecular complexity index is 887. The van der Waals surface area contributed by atoms with Gasteiger partial charge in [0.05, 0.1) is 7.11 Å². The number of urea groups is 1. The van der Waals surface area contributed by atoms with Crippen LogP contribution in [0.15, 0.2) is 30.3 Å². The molecule has 8 nitrogen and oxygen atoms in total. The molecule has 1 N–H and O–H groups in total. The van der Waals surface area contributed by atoms with Gasteiger partial charge < -0.3 is 24.8 Å². The van der Waals surface area contributed by atoms with E-state index in [4.69, 9.17) is 4.74 Å². The van der Waals surface area contributed by atoms with E-state index in [1.807, 2.05) is 30.0 Å². The summed E-state index contributed by atoms with van der Waals surface area (Å²) < 4.78 is 5.23. The van der Waals surface area contributed by atoms with E-state index < -0.39 is 0 Å². The van der Waals surface area contributed by atoms with Gasteiger partial charge in [-0.25, -0.2) is 4.79 Å². The van der Waals surface area contributed by atoms with Crippen LogP contribution in [0, 0.1) is 12.8 Å². The zero-order valence-electron chi connectivity index (χ0n) is 18.7. The Labute approximate surface area is 184 Å². The molecular weight excluding hydrogens is 392 g/mol. The van der Waals surface area contributed by atoms with Crippen molar-refractivity contribution in [3.63, 3.8) is 0 Å². The Balaban J connectivity index is 1.29. The molecule has 0 spiro atoms. The summed E-state index contributed by atoms with van der Waals surface area (Å²) in [6.45, 7) is 9.15. The van der Waals surface area contributed by atoms with Crippen molar-refractivity contribution in [1.82, 2.24) is 15.1 Å². The minimum Gasteiger partial charge on any atom is -0.497 e. The summed E-state index contributed by atoms with van der Waals surface area (Å²) in [6.07, 6.45) is 2.42. The predicted molar refractivity (Wildman–Crippen MR) is 123 cm³/mol. The van der Waals surface area contributed by atoms with Gasteiger partial charge in [0.2, 0.25) is 0 Å². The lowest BCUT2D eigenvalue weighted by Crippen LogP contribution is -2.50. The van der Waals surface area contributed by atoms with Gasteiger partial charge in [-0.1, -0.05) is 6.92 Å². The second kappa shape index (κ2) is 9.41. The molecule has 166 valence electrons. The summed E-state index contributed by atoms with van der Waals surface area (Å²) in [5.74, 6) is 3.42. The van der Waals surface area contributed by atoms with Crippen molar-refractivity contribution in [1.29, 1.82) is 0 Å². The van der Waals surface area contributed by atoms with Crippen molar-refractivity contribution in [2.45, 2.75) is 26.7 Å². The van der Waals surface area contributed by atoms with Gasteiger partial charge in [0.1, 0.15) is 5.75 Å². The minimum atomic E-state index is -0.0753. The Morgan fingerprint density at radius 1 is 0.968 bits per heavy atom. The van der Waals surface area contributed by atoms with Crippen molar-refractivity contribution >= 4 is 23.4 Å². The third kappa shape index (κ3) is 5.00. The molecule has 0 unspecified atom stereocenters. The highest BCUT2D eigenvalue weighted by atomic mass is 16.5. The van der Waals surface area contributed by atoms with Gasteiger partial charge in [-0.05, 0) is 61.6 Å². The monoisotopic (exact) mass is 424 g/mol. The number of aryl methyl sites for hydroxylation is 1. The van der Waals surface area contributed by atoms with E-state index in [1.54, 1.807) is 7.11 Å². The number of carbonyl (C=O) groups is 1. The van der Waals surface area contributed by atoms with Crippen molar-refractivity contribution in [2.24, 2.45) is 5.92 Å². The van der Waals surface area contributed by atoms with Gasteiger partial charge in [0.25, 0.3) is 0 Å². The molecule has 1 aromatic carbocycles. The molecular formula is C23H32N6O2. The van der Waals surface area contributed by atoms with E-state index in [0.717, 1.165) is 60.7 Å². The molecule has 2 aliphatic heterocycles. The quantitative estimate of drug-likeness (QED) is 0.811. The fourth-order valence-electron chi connectivity index (χ4n) is 4.13.